The second kappa shape index (κ2) is 12.3. The molecular weight excluding hydrogens is 286 g/mol. The summed E-state index contributed by atoms with van der Waals surface area (Å²) in [4.78, 5) is 43.1. The van der Waals surface area contributed by atoms with Gasteiger partial charge in [0.25, 0.3) is 0 Å². The predicted molar refractivity (Wildman–Crippen MR) is 67.5 cm³/mol. The quantitative estimate of drug-likeness (QED) is 0.425. The molecule has 0 aliphatic rings. The molecular formula is C8H24O8P2. The Morgan fingerprint density at radius 2 is 1.17 bits per heavy atom. The maximum atomic E-state index is 8.88. The summed E-state index contributed by atoms with van der Waals surface area (Å²) in [6.07, 6.45) is 5.53. The van der Waals surface area contributed by atoms with Gasteiger partial charge in [-0.1, -0.05) is 46.5 Å². The molecule has 10 heteroatoms. The van der Waals surface area contributed by atoms with Gasteiger partial charge in [-0.25, -0.2) is 9.13 Å². The summed E-state index contributed by atoms with van der Waals surface area (Å²) in [5, 5.41) is 0. The zero-order valence-electron chi connectivity index (χ0n) is 10.8. The van der Waals surface area contributed by atoms with E-state index in [4.69, 9.17) is 38.5 Å². The summed E-state index contributed by atoms with van der Waals surface area (Å²) in [5.74, 6) is 0.954. The molecule has 0 bridgehead atoms. The highest BCUT2D eigenvalue weighted by Gasteiger charge is 2.00. The van der Waals surface area contributed by atoms with E-state index in [1.54, 1.807) is 0 Å². The van der Waals surface area contributed by atoms with Gasteiger partial charge >= 0.3 is 15.6 Å². The Morgan fingerprint density at radius 1 is 0.889 bits per heavy atom. The second-order valence-electron chi connectivity index (χ2n) is 3.68. The molecule has 1 atom stereocenters. The average Bonchev–Trinajstić information content (AvgIpc) is 2.08. The van der Waals surface area contributed by atoms with E-state index < -0.39 is 15.6 Å². The number of unbranched alkanes of at least 4 members (excludes halogenated alkanes) is 1. The highest BCUT2D eigenvalue weighted by atomic mass is 31.2. The van der Waals surface area contributed by atoms with Gasteiger partial charge in [0.2, 0.25) is 0 Å². The third-order valence-electron chi connectivity index (χ3n) is 1.75. The van der Waals surface area contributed by atoms with Crippen molar-refractivity contribution in [3.8, 4) is 0 Å². The normalized spacial score (nSPS) is 12.7. The van der Waals surface area contributed by atoms with Crippen LogP contribution in [0.25, 0.3) is 0 Å². The first kappa shape index (κ1) is 23.3. The molecule has 8 nitrogen and oxygen atoms in total. The number of rotatable bonds is 4. The fraction of sp³-hybridized carbons (Fsp3) is 1.00. The molecule has 0 fully saturated rings. The maximum absolute atomic E-state index is 8.88. The smallest absolute Gasteiger partial charge is 0.303 e. The van der Waals surface area contributed by atoms with Gasteiger partial charge in [-0.05, 0) is 5.92 Å². The van der Waals surface area contributed by atoms with Crippen LogP contribution in [0.4, 0.5) is 0 Å². The number of phosphoric acid groups is 2. The molecule has 0 aromatic heterocycles. The van der Waals surface area contributed by atoms with E-state index in [0.717, 1.165) is 5.92 Å². The van der Waals surface area contributed by atoms with Gasteiger partial charge in [-0.3, -0.25) is 0 Å². The molecule has 18 heavy (non-hydrogen) atoms. The van der Waals surface area contributed by atoms with E-state index in [1.807, 2.05) is 0 Å². The van der Waals surface area contributed by atoms with E-state index in [-0.39, 0.29) is 0 Å². The third kappa shape index (κ3) is 97.1. The van der Waals surface area contributed by atoms with Gasteiger partial charge < -0.3 is 29.4 Å². The lowest BCUT2D eigenvalue weighted by Gasteiger charge is -2.04. The molecule has 1 unspecified atom stereocenters. The monoisotopic (exact) mass is 310 g/mol. The van der Waals surface area contributed by atoms with E-state index >= 15 is 0 Å². The lowest BCUT2D eigenvalue weighted by atomic mass is 10.0. The Morgan fingerprint density at radius 3 is 1.33 bits per heavy atom. The molecule has 0 spiro atoms. The van der Waals surface area contributed by atoms with Gasteiger partial charge in [0.1, 0.15) is 0 Å². The summed E-state index contributed by atoms with van der Waals surface area (Å²) in [6.45, 7) is 6.85. The summed E-state index contributed by atoms with van der Waals surface area (Å²) in [7, 11) is -9.28. The first-order chi connectivity index (χ1) is 7.81. The highest BCUT2D eigenvalue weighted by molar-refractivity contribution is 7.45. The van der Waals surface area contributed by atoms with Gasteiger partial charge in [0.05, 0.1) is 0 Å². The summed E-state index contributed by atoms with van der Waals surface area (Å²) < 4.78 is 17.8. The standard InChI is InChI=1S/C8H18.2H3O4P/c1-4-6-7-8(3)5-2;2*1-5(2,3)4/h8H,4-7H2,1-3H3;2*(H3,1,2,3,4). The summed E-state index contributed by atoms with van der Waals surface area (Å²) in [5.41, 5.74) is 0. The van der Waals surface area contributed by atoms with Crippen LogP contribution in [0.3, 0.4) is 0 Å². The molecule has 0 heterocycles. The number of hydrogen-bond donors (Lipinski definition) is 6. The van der Waals surface area contributed by atoms with Crippen LogP contribution < -0.4 is 0 Å². The van der Waals surface area contributed by atoms with Crippen LogP contribution >= 0.6 is 15.6 Å². The SMILES string of the molecule is CCCCC(C)CC.O=P(O)(O)O.O=P(O)(O)O. The Kier molecular flexibility index (Phi) is 15.9. The van der Waals surface area contributed by atoms with E-state index in [9.17, 15) is 0 Å². The Hall–Kier alpha value is 0.220. The second-order valence-corrected chi connectivity index (χ2v) is 5.74. The minimum atomic E-state index is -4.64. The Balaban J connectivity index is -0.000000197. The topological polar surface area (TPSA) is 156 Å². The molecule has 0 aliphatic carbocycles. The minimum Gasteiger partial charge on any atom is -0.303 e. The zero-order valence-corrected chi connectivity index (χ0v) is 12.6. The fourth-order valence-electron chi connectivity index (χ4n) is 0.757. The van der Waals surface area contributed by atoms with Crippen molar-refractivity contribution in [1.29, 1.82) is 0 Å². The van der Waals surface area contributed by atoms with E-state index in [2.05, 4.69) is 20.8 Å². The van der Waals surface area contributed by atoms with Crippen LogP contribution in [0.15, 0.2) is 0 Å². The average molecular weight is 310 g/mol. The fourth-order valence-corrected chi connectivity index (χ4v) is 0.757. The van der Waals surface area contributed by atoms with Crippen molar-refractivity contribution in [2.75, 3.05) is 0 Å². The lowest BCUT2D eigenvalue weighted by Crippen LogP contribution is -1.89. The Labute approximate surface area is 107 Å². The zero-order chi connectivity index (χ0) is 15.4. The first-order valence-corrected chi connectivity index (χ1v) is 8.50. The molecule has 0 aliphatic heterocycles. The Bertz CT molecular complexity index is 221. The van der Waals surface area contributed by atoms with Crippen molar-refractivity contribution < 1.29 is 38.5 Å². The van der Waals surface area contributed by atoms with Gasteiger partial charge in [-0.2, -0.15) is 0 Å². The van der Waals surface area contributed by atoms with Crippen molar-refractivity contribution in [2.24, 2.45) is 5.92 Å². The van der Waals surface area contributed by atoms with Crippen LogP contribution in [-0.4, -0.2) is 29.4 Å². The van der Waals surface area contributed by atoms with Crippen LogP contribution in [0.5, 0.6) is 0 Å². The molecule has 0 aromatic carbocycles. The molecule has 0 amide bonds. The van der Waals surface area contributed by atoms with Gasteiger partial charge in [0.15, 0.2) is 0 Å². The van der Waals surface area contributed by atoms with Crippen molar-refractivity contribution in [3.05, 3.63) is 0 Å². The van der Waals surface area contributed by atoms with Crippen molar-refractivity contribution in [3.63, 3.8) is 0 Å². The largest absolute Gasteiger partial charge is 0.466 e. The molecule has 0 rings (SSSR count). The van der Waals surface area contributed by atoms with Crippen LogP contribution in [0.1, 0.15) is 46.5 Å². The maximum Gasteiger partial charge on any atom is 0.466 e. The highest BCUT2D eigenvalue weighted by Crippen LogP contribution is 2.26. The third-order valence-corrected chi connectivity index (χ3v) is 1.75. The molecule has 6 N–H and O–H groups in total. The van der Waals surface area contributed by atoms with Gasteiger partial charge in [-0.15, -0.1) is 0 Å². The summed E-state index contributed by atoms with van der Waals surface area (Å²) >= 11 is 0. The molecule has 0 radical (unpaired) electrons. The molecule has 0 saturated carbocycles. The van der Waals surface area contributed by atoms with Crippen LogP contribution in [0, 0.1) is 5.92 Å². The molecule has 0 saturated heterocycles. The van der Waals surface area contributed by atoms with Gasteiger partial charge in [0, 0.05) is 0 Å². The first-order valence-electron chi connectivity index (χ1n) is 5.37. The lowest BCUT2D eigenvalue weighted by molar-refractivity contribution is 0.272. The van der Waals surface area contributed by atoms with Crippen molar-refractivity contribution in [2.45, 2.75) is 46.5 Å². The van der Waals surface area contributed by atoms with Crippen LogP contribution in [0.2, 0.25) is 0 Å². The predicted octanol–water partition coefficient (Wildman–Crippen LogP) is 1.37. The minimum absolute atomic E-state index is 0.954. The van der Waals surface area contributed by atoms with Crippen LogP contribution in [-0.2, 0) is 9.13 Å². The molecule has 0 aromatic rings. The van der Waals surface area contributed by atoms with Crippen molar-refractivity contribution >= 4 is 15.6 Å². The van der Waals surface area contributed by atoms with E-state index in [0.29, 0.717) is 0 Å². The number of hydrogen-bond acceptors (Lipinski definition) is 2. The van der Waals surface area contributed by atoms with E-state index in [1.165, 1.54) is 25.7 Å². The van der Waals surface area contributed by atoms with Crippen molar-refractivity contribution in [1.82, 2.24) is 0 Å². The summed E-state index contributed by atoms with van der Waals surface area (Å²) in [6, 6.07) is 0. The molecule has 114 valence electrons.